The van der Waals surface area contributed by atoms with E-state index in [1.165, 1.54) is 0 Å². The Kier molecular flexibility index (Phi) is 1.77. The number of nitrogens with one attached hydrogen (secondary N) is 1. The van der Waals surface area contributed by atoms with Crippen LogP contribution in [0.1, 0.15) is 17.2 Å². The molecule has 0 atom stereocenters. The Balaban J connectivity index is 2.19. The Hall–Kier alpha value is -1.40. The summed E-state index contributed by atoms with van der Waals surface area (Å²) in [6, 6.07) is 5.81. The van der Waals surface area contributed by atoms with Gasteiger partial charge in [-0.1, -0.05) is 0 Å². The monoisotopic (exact) mass is 159 g/mol. The van der Waals surface area contributed by atoms with E-state index in [0.29, 0.717) is 11.5 Å². The first-order valence-electron chi connectivity index (χ1n) is 3.97. The molecule has 2 heterocycles. The molecule has 0 aliphatic carbocycles. The molecule has 1 saturated heterocycles. The van der Waals surface area contributed by atoms with Crippen LogP contribution in [0.25, 0.3) is 0 Å². The third-order valence-electron chi connectivity index (χ3n) is 2.12. The van der Waals surface area contributed by atoms with Gasteiger partial charge in [-0.15, -0.1) is 0 Å². The van der Waals surface area contributed by atoms with Crippen molar-refractivity contribution in [2.45, 2.75) is 5.92 Å². The number of nitrogens with zero attached hydrogens (tertiary/aromatic N) is 2. The highest BCUT2D eigenvalue weighted by atomic mass is 15.0. The van der Waals surface area contributed by atoms with Gasteiger partial charge in [0.2, 0.25) is 0 Å². The third kappa shape index (κ3) is 1.17. The lowest BCUT2D eigenvalue weighted by Crippen LogP contribution is -2.40. The summed E-state index contributed by atoms with van der Waals surface area (Å²) in [6.07, 6.45) is 1.63. The molecular weight excluding hydrogens is 150 g/mol. The molecule has 1 aliphatic rings. The van der Waals surface area contributed by atoms with E-state index in [2.05, 4.69) is 16.4 Å². The molecule has 0 saturated carbocycles. The van der Waals surface area contributed by atoms with Crippen molar-refractivity contribution in [3.8, 4) is 6.07 Å². The first-order chi connectivity index (χ1) is 5.90. The third-order valence-corrected chi connectivity index (χ3v) is 2.12. The lowest BCUT2D eigenvalue weighted by atomic mass is 9.98. The second-order valence-corrected chi connectivity index (χ2v) is 2.94. The van der Waals surface area contributed by atoms with Crippen LogP contribution in [-0.4, -0.2) is 18.1 Å². The standard InChI is InChI=1S/C9H9N3/c10-3-7-1-2-9(12-4-7)8-5-11-6-8/h1-2,4,8,11H,5-6H2. The summed E-state index contributed by atoms with van der Waals surface area (Å²) >= 11 is 0. The lowest BCUT2D eigenvalue weighted by Gasteiger charge is -2.26. The highest BCUT2D eigenvalue weighted by molar-refractivity contribution is 5.28. The van der Waals surface area contributed by atoms with Gasteiger partial charge in [-0.2, -0.15) is 5.26 Å². The lowest BCUT2D eigenvalue weighted by molar-refractivity contribution is 0.440. The topological polar surface area (TPSA) is 48.7 Å². The highest BCUT2D eigenvalue weighted by Gasteiger charge is 2.19. The van der Waals surface area contributed by atoms with Gasteiger partial charge < -0.3 is 5.32 Å². The van der Waals surface area contributed by atoms with Crippen LogP contribution < -0.4 is 5.32 Å². The molecule has 0 amide bonds. The molecule has 0 radical (unpaired) electrons. The molecule has 1 fully saturated rings. The Morgan fingerprint density at radius 2 is 2.33 bits per heavy atom. The van der Waals surface area contributed by atoms with Crippen LogP contribution in [-0.2, 0) is 0 Å². The molecule has 0 unspecified atom stereocenters. The fourth-order valence-electron chi connectivity index (χ4n) is 1.21. The first-order valence-corrected chi connectivity index (χ1v) is 3.97. The van der Waals surface area contributed by atoms with Gasteiger partial charge in [-0.05, 0) is 12.1 Å². The number of hydrogen-bond donors (Lipinski definition) is 1. The fraction of sp³-hybridized carbons (Fsp3) is 0.333. The zero-order valence-electron chi connectivity index (χ0n) is 6.62. The van der Waals surface area contributed by atoms with Gasteiger partial charge in [-0.3, -0.25) is 4.98 Å². The quantitative estimate of drug-likeness (QED) is 0.654. The molecule has 0 bridgehead atoms. The van der Waals surface area contributed by atoms with Gasteiger partial charge in [0.15, 0.2) is 0 Å². The molecule has 12 heavy (non-hydrogen) atoms. The van der Waals surface area contributed by atoms with Crippen LogP contribution >= 0.6 is 0 Å². The molecular formula is C9H9N3. The van der Waals surface area contributed by atoms with E-state index in [-0.39, 0.29) is 0 Å². The maximum absolute atomic E-state index is 8.54. The van der Waals surface area contributed by atoms with Crippen LogP contribution in [0, 0.1) is 11.3 Å². The maximum Gasteiger partial charge on any atom is 0.101 e. The second-order valence-electron chi connectivity index (χ2n) is 2.94. The van der Waals surface area contributed by atoms with Crippen molar-refractivity contribution in [1.29, 1.82) is 5.26 Å². The van der Waals surface area contributed by atoms with Crippen molar-refractivity contribution >= 4 is 0 Å². The van der Waals surface area contributed by atoms with Gasteiger partial charge >= 0.3 is 0 Å². The molecule has 1 aliphatic heterocycles. The van der Waals surface area contributed by atoms with Crippen LogP contribution in [0.5, 0.6) is 0 Å². The first kappa shape index (κ1) is 7.26. The molecule has 1 aromatic heterocycles. The van der Waals surface area contributed by atoms with Crippen LogP contribution in [0.15, 0.2) is 18.3 Å². The van der Waals surface area contributed by atoms with E-state index in [0.717, 1.165) is 18.8 Å². The van der Waals surface area contributed by atoms with Crippen LogP contribution in [0.3, 0.4) is 0 Å². The molecule has 0 spiro atoms. The zero-order valence-corrected chi connectivity index (χ0v) is 6.62. The Bertz CT molecular complexity index is 306. The van der Waals surface area contributed by atoms with Crippen molar-refractivity contribution in [2.24, 2.45) is 0 Å². The summed E-state index contributed by atoms with van der Waals surface area (Å²) in [5, 5.41) is 11.7. The summed E-state index contributed by atoms with van der Waals surface area (Å²) in [5.74, 6) is 0.553. The molecule has 1 aromatic rings. The molecule has 1 N–H and O–H groups in total. The predicted molar refractivity (Wildman–Crippen MR) is 44.6 cm³/mol. The second kappa shape index (κ2) is 2.92. The van der Waals surface area contributed by atoms with E-state index in [1.54, 1.807) is 6.20 Å². The normalized spacial score (nSPS) is 16.6. The molecule has 60 valence electrons. The summed E-state index contributed by atoms with van der Waals surface area (Å²) in [5.41, 5.74) is 1.72. The van der Waals surface area contributed by atoms with E-state index in [1.807, 2.05) is 12.1 Å². The molecule has 3 heteroatoms. The number of nitriles is 1. The molecule has 0 aromatic carbocycles. The fourth-order valence-corrected chi connectivity index (χ4v) is 1.21. The van der Waals surface area contributed by atoms with Crippen molar-refractivity contribution in [1.82, 2.24) is 10.3 Å². The molecule has 3 nitrogen and oxygen atoms in total. The maximum atomic E-state index is 8.54. The van der Waals surface area contributed by atoms with E-state index < -0.39 is 0 Å². The number of pyridine rings is 1. The predicted octanol–water partition coefficient (Wildman–Crippen LogP) is 0.640. The number of rotatable bonds is 1. The van der Waals surface area contributed by atoms with Gasteiger partial charge in [-0.25, -0.2) is 0 Å². The van der Waals surface area contributed by atoms with E-state index >= 15 is 0 Å². The van der Waals surface area contributed by atoms with Gasteiger partial charge in [0.1, 0.15) is 6.07 Å². The smallest absolute Gasteiger partial charge is 0.101 e. The minimum Gasteiger partial charge on any atom is -0.315 e. The van der Waals surface area contributed by atoms with Crippen LogP contribution in [0.4, 0.5) is 0 Å². The highest BCUT2D eigenvalue weighted by Crippen LogP contribution is 2.16. The average molecular weight is 159 g/mol. The largest absolute Gasteiger partial charge is 0.315 e. The Morgan fingerprint density at radius 3 is 2.75 bits per heavy atom. The summed E-state index contributed by atoms with van der Waals surface area (Å²) in [6.45, 7) is 2.03. The average Bonchev–Trinajstić information content (AvgIpc) is 2.03. The summed E-state index contributed by atoms with van der Waals surface area (Å²) in [7, 11) is 0. The number of hydrogen-bond acceptors (Lipinski definition) is 3. The minimum absolute atomic E-state index is 0.553. The van der Waals surface area contributed by atoms with E-state index in [4.69, 9.17) is 5.26 Å². The SMILES string of the molecule is N#Cc1ccc(C2CNC2)nc1. The van der Waals surface area contributed by atoms with Crippen molar-refractivity contribution in [3.63, 3.8) is 0 Å². The molecule has 2 rings (SSSR count). The van der Waals surface area contributed by atoms with Crippen molar-refractivity contribution < 1.29 is 0 Å². The summed E-state index contributed by atoms with van der Waals surface area (Å²) < 4.78 is 0. The van der Waals surface area contributed by atoms with Gasteiger partial charge in [0, 0.05) is 30.9 Å². The Labute approximate surface area is 71.0 Å². The summed E-state index contributed by atoms with van der Waals surface area (Å²) in [4.78, 5) is 4.21. The van der Waals surface area contributed by atoms with Gasteiger partial charge in [0.05, 0.1) is 5.56 Å². The van der Waals surface area contributed by atoms with Gasteiger partial charge in [0.25, 0.3) is 0 Å². The minimum atomic E-state index is 0.553. The van der Waals surface area contributed by atoms with Crippen molar-refractivity contribution in [2.75, 3.05) is 13.1 Å². The zero-order chi connectivity index (χ0) is 8.39. The Morgan fingerprint density at radius 1 is 1.50 bits per heavy atom. The number of aromatic nitrogens is 1. The van der Waals surface area contributed by atoms with Crippen molar-refractivity contribution in [3.05, 3.63) is 29.6 Å². The van der Waals surface area contributed by atoms with Crippen LogP contribution in [0.2, 0.25) is 0 Å². The van der Waals surface area contributed by atoms with E-state index in [9.17, 15) is 0 Å².